The summed E-state index contributed by atoms with van der Waals surface area (Å²) in [6.45, 7) is 4.35. The van der Waals surface area contributed by atoms with Crippen molar-refractivity contribution in [3.63, 3.8) is 0 Å². The largest absolute Gasteiger partial charge is 0.462 e. The van der Waals surface area contributed by atoms with Crippen molar-refractivity contribution < 1.29 is 13.9 Å². The first-order valence-corrected chi connectivity index (χ1v) is 9.85. The maximum atomic E-state index is 13.0. The third-order valence-corrected chi connectivity index (χ3v) is 5.69. The number of nitrogens with one attached hydrogen (secondary N) is 2. The Morgan fingerprint density at radius 3 is 2.77 bits per heavy atom. The van der Waals surface area contributed by atoms with Gasteiger partial charge in [0.1, 0.15) is 10.8 Å². The van der Waals surface area contributed by atoms with Gasteiger partial charge in [-0.2, -0.15) is 0 Å². The van der Waals surface area contributed by atoms with E-state index in [1.54, 1.807) is 30.4 Å². The number of thiophene rings is 1. The summed E-state index contributed by atoms with van der Waals surface area (Å²) in [5.41, 5.74) is 2.36. The zero-order chi connectivity index (χ0) is 18.7. The smallest absolute Gasteiger partial charge is 0.341 e. The fourth-order valence-corrected chi connectivity index (χ4v) is 4.74. The first kappa shape index (κ1) is 18.8. The van der Waals surface area contributed by atoms with Gasteiger partial charge in [-0.3, -0.25) is 0 Å². The van der Waals surface area contributed by atoms with Gasteiger partial charge in [-0.1, -0.05) is 6.92 Å². The predicted octanol–water partition coefficient (Wildman–Crippen LogP) is 5.00. The van der Waals surface area contributed by atoms with Crippen molar-refractivity contribution in [3.8, 4) is 0 Å². The number of carbonyl (C=O) groups is 1. The number of hydrogen-bond acceptors (Lipinski definition) is 4. The zero-order valence-electron chi connectivity index (χ0n) is 14.7. The van der Waals surface area contributed by atoms with Crippen LogP contribution in [0, 0.1) is 11.7 Å². The standard InChI is InChI=1S/C19H21FN2O2S2/c1-3-24-18(23)16-14-9-4-11(2)10-15(14)26-17(16)22-19(25)21-13-7-5-12(20)6-8-13/h5-8,11H,3-4,9-10H2,1-2H3,(H2,21,22,25)/t11-/m0/s1. The van der Waals surface area contributed by atoms with Gasteiger partial charge in [0.15, 0.2) is 5.11 Å². The molecule has 0 spiro atoms. The quantitative estimate of drug-likeness (QED) is 0.567. The molecule has 4 nitrogen and oxygen atoms in total. The number of esters is 1. The monoisotopic (exact) mass is 392 g/mol. The summed E-state index contributed by atoms with van der Waals surface area (Å²) in [4.78, 5) is 13.7. The zero-order valence-corrected chi connectivity index (χ0v) is 16.4. The van der Waals surface area contributed by atoms with Crippen LogP contribution in [-0.4, -0.2) is 17.7 Å². The molecule has 2 aromatic rings. The summed E-state index contributed by atoms with van der Waals surface area (Å²) in [7, 11) is 0. The first-order valence-electron chi connectivity index (χ1n) is 8.63. The van der Waals surface area contributed by atoms with Crippen LogP contribution in [0.25, 0.3) is 0 Å². The lowest BCUT2D eigenvalue weighted by atomic mass is 9.88. The average molecular weight is 393 g/mol. The van der Waals surface area contributed by atoms with Crippen molar-refractivity contribution in [1.29, 1.82) is 0 Å². The molecule has 0 fully saturated rings. The fraction of sp³-hybridized carbons (Fsp3) is 0.368. The minimum absolute atomic E-state index is 0.306. The van der Waals surface area contributed by atoms with E-state index in [0.29, 0.717) is 33.9 Å². The fourth-order valence-electron chi connectivity index (χ4n) is 3.06. The van der Waals surface area contributed by atoms with Gasteiger partial charge in [0.05, 0.1) is 12.2 Å². The van der Waals surface area contributed by atoms with Crippen LogP contribution in [-0.2, 0) is 17.6 Å². The van der Waals surface area contributed by atoms with E-state index in [-0.39, 0.29) is 11.8 Å². The second-order valence-electron chi connectivity index (χ2n) is 6.36. The summed E-state index contributed by atoms with van der Waals surface area (Å²) in [6, 6.07) is 5.94. The second kappa shape index (κ2) is 8.14. The number of rotatable bonds is 4. The number of halogens is 1. The van der Waals surface area contributed by atoms with Gasteiger partial charge in [-0.25, -0.2) is 9.18 Å². The Hall–Kier alpha value is -1.99. The molecule has 1 aromatic heterocycles. The molecule has 2 N–H and O–H groups in total. The molecular weight excluding hydrogens is 371 g/mol. The number of carbonyl (C=O) groups excluding carboxylic acids is 1. The summed E-state index contributed by atoms with van der Waals surface area (Å²) in [5, 5.41) is 7.21. The summed E-state index contributed by atoms with van der Waals surface area (Å²) in [6.07, 6.45) is 2.90. The third-order valence-electron chi connectivity index (χ3n) is 4.32. The molecular formula is C19H21FN2O2S2. The minimum atomic E-state index is -0.313. The highest BCUT2D eigenvalue weighted by Gasteiger charge is 2.28. The van der Waals surface area contributed by atoms with Gasteiger partial charge in [0, 0.05) is 10.6 Å². The molecule has 0 bridgehead atoms. The molecule has 26 heavy (non-hydrogen) atoms. The van der Waals surface area contributed by atoms with Gasteiger partial charge >= 0.3 is 5.97 Å². The SMILES string of the molecule is CCOC(=O)c1c(NC(=S)Nc2ccc(F)cc2)sc2c1CC[C@H](C)C2. The van der Waals surface area contributed by atoms with E-state index >= 15 is 0 Å². The molecule has 1 aromatic carbocycles. The van der Waals surface area contributed by atoms with Gasteiger partial charge < -0.3 is 15.4 Å². The van der Waals surface area contributed by atoms with Crippen LogP contribution in [0.15, 0.2) is 24.3 Å². The molecule has 1 aliphatic rings. The Morgan fingerprint density at radius 2 is 2.08 bits per heavy atom. The molecule has 0 aliphatic heterocycles. The average Bonchev–Trinajstić information content (AvgIpc) is 2.93. The highest BCUT2D eigenvalue weighted by molar-refractivity contribution is 7.80. The van der Waals surface area contributed by atoms with Crippen LogP contribution in [0.4, 0.5) is 15.1 Å². The lowest BCUT2D eigenvalue weighted by Crippen LogP contribution is -2.20. The molecule has 0 saturated carbocycles. The van der Waals surface area contributed by atoms with Crippen LogP contribution in [0.2, 0.25) is 0 Å². The highest BCUT2D eigenvalue weighted by Crippen LogP contribution is 2.40. The summed E-state index contributed by atoms with van der Waals surface area (Å²) < 4.78 is 18.3. The maximum Gasteiger partial charge on any atom is 0.341 e. The Bertz CT molecular complexity index is 818. The van der Waals surface area contributed by atoms with Crippen molar-refractivity contribution in [2.24, 2.45) is 5.92 Å². The molecule has 3 rings (SSSR count). The van der Waals surface area contributed by atoms with Gasteiger partial charge in [-0.15, -0.1) is 11.3 Å². The molecule has 1 heterocycles. The number of fused-ring (bicyclic) bond motifs is 1. The van der Waals surface area contributed by atoms with E-state index in [2.05, 4.69) is 17.6 Å². The second-order valence-corrected chi connectivity index (χ2v) is 7.88. The molecule has 1 atom stereocenters. The van der Waals surface area contributed by atoms with Crippen molar-refractivity contribution in [1.82, 2.24) is 0 Å². The van der Waals surface area contributed by atoms with Crippen molar-refractivity contribution >= 4 is 45.3 Å². The molecule has 0 radical (unpaired) electrons. The number of hydrogen-bond donors (Lipinski definition) is 2. The molecule has 138 valence electrons. The van der Waals surface area contributed by atoms with Crippen LogP contribution >= 0.6 is 23.6 Å². The van der Waals surface area contributed by atoms with Gasteiger partial charge in [-0.05, 0) is 74.2 Å². The van der Waals surface area contributed by atoms with Crippen molar-refractivity contribution in [2.75, 3.05) is 17.2 Å². The number of anilines is 2. The topological polar surface area (TPSA) is 50.4 Å². The van der Waals surface area contributed by atoms with Crippen LogP contribution < -0.4 is 10.6 Å². The van der Waals surface area contributed by atoms with E-state index in [1.807, 2.05) is 0 Å². The van der Waals surface area contributed by atoms with E-state index in [0.717, 1.165) is 24.8 Å². The number of benzene rings is 1. The molecule has 1 aliphatic carbocycles. The summed E-state index contributed by atoms with van der Waals surface area (Å²) >= 11 is 6.93. The lowest BCUT2D eigenvalue weighted by molar-refractivity contribution is 0.0526. The van der Waals surface area contributed by atoms with E-state index in [9.17, 15) is 9.18 Å². The van der Waals surface area contributed by atoms with E-state index in [1.165, 1.54) is 17.0 Å². The van der Waals surface area contributed by atoms with Crippen molar-refractivity contribution in [3.05, 3.63) is 46.1 Å². The van der Waals surface area contributed by atoms with Gasteiger partial charge in [0.2, 0.25) is 0 Å². The Kier molecular flexibility index (Phi) is 5.88. The van der Waals surface area contributed by atoms with Crippen LogP contribution in [0.5, 0.6) is 0 Å². The Morgan fingerprint density at radius 1 is 1.35 bits per heavy atom. The van der Waals surface area contributed by atoms with Gasteiger partial charge in [0.25, 0.3) is 0 Å². The number of ether oxygens (including phenoxy) is 1. The van der Waals surface area contributed by atoms with Crippen molar-refractivity contribution in [2.45, 2.75) is 33.1 Å². The maximum absolute atomic E-state index is 13.0. The lowest BCUT2D eigenvalue weighted by Gasteiger charge is -2.18. The highest BCUT2D eigenvalue weighted by atomic mass is 32.1. The third kappa shape index (κ3) is 4.22. The van der Waals surface area contributed by atoms with E-state index < -0.39 is 0 Å². The predicted molar refractivity (Wildman–Crippen MR) is 108 cm³/mol. The van der Waals surface area contributed by atoms with Crippen LogP contribution in [0.1, 0.15) is 41.1 Å². The Labute approximate surface area is 161 Å². The van der Waals surface area contributed by atoms with E-state index in [4.69, 9.17) is 17.0 Å². The molecule has 7 heteroatoms. The molecule has 0 saturated heterocycles. The normalized spacial score (nSPS) is 15.9. The first-order chi connectivity index (χ1) is 12.5. The number of thiocarbonyl (C=S) groups is 1. The molecule has 0 unspecified atom stereocenters. The summed E-state index contributed by atoms with van der Waals surface area (Å²) in [5.74, 6) is -0.0148. The Balaban J connectivity index is 1.82. The van der Waals surface area contributed by atoms with Crippen LogP contribution in [0.3, 0.4) is 0 Å². The molecule has 0 amide bonds. The minimum Gasteiger partial charge on any atom is -0.462 e.